The molecule has 0 spiro atoms. The summed E-state index contributed by atoms with van der Waals surface area (Å²) >= 11 is 0. The van der Waals surface area contributed by atoms with Crippen LogP contribution in [0.1, 0.15) is 73.3 Å². The molecular formula is C64H79F5N10O9. The van der Waals surface area contributed by atoms with E-state index in [9.17, 15) is 56.6 Å². The van der Waals surface area contributed by atoms with Gasteiger partial charge in [-0.25, -0.2) is 37.1 Å². The lowest BCUT2D eigenvalue weighted by molar-refractivity contribution is -0.385. The summed E-state index contributed by atoms with van der Waals surface area (Å²) in [5.41, 5.74) is 10.5. The Balaban J connectivity index is 0.000000236. The molecule has 3 aliphatic rings. The van der Waals surface area contributed by atoms with Crippen molar-refractivity contribution in [3.63, 3.8) is 0 Å². The van der Waals surface area contributed by atoms with Gasteiger partial charge < -0.3 is 40.5 Å². The van der Waals surface area contributed by atoms with Crippen LogP contribution in [-0.2, 0) is 27.1 Å². The summed E-state index contributed by atoms with van der Waals surface area (Å²) in [5.74, 6) is -0.370. The van der Waals surface area contributed by atoms with Crippen molar-refractivity contribution in [2.45, 2.75) is 109 Å². The molecule has 6 atom stereocenters. The Labute approximate surface area is 511 Å². The SMILES string of the molecule is C=CC(=O)Nc1cccc(-c2cccc3cnc(Nc4ccc(CC5CCN(C)CC5F)cc4)nc23)c1.CC(C)(C)OC(=O)N1CCC(Cc2ccc([N+](=O)[O-])cc2)C(F)C1.CC(C)(C)OC(=O)N1CCC(N)C(F)C1.O=[N+]([O-])c1ccc(F)cc1.[2H]CF. The van der Waals surface area contributed by atoms with Crippen molar-refractivity contribution >= 4 is 57.7 Å². The number of alkyl halides is 4. The van der Waals surface area contributed by atoms with Gasteiger partial charge in [-0.3, -0.25) is 29.4 Å². The minimum absolute atomic E-state index is 0.0204. The number of non-ortho nitro benzene ring substituents is 2. The Morgan fingerprint density at radius 3 is 1.74 bits per heavy atom. The van der Waals surface area contributed by atoms with Crippen molar-refractivity contribution in [3.8, 4) is 11.1 Å². The number of nitrogens with two attached hydrogens (primary N) is 1. The van der Waals surface area contributed by atoms with Crippen LogP contribution in [0.15, 0.2) is 134 Å². The number of likely N-dealkylation sites (tertiary alicyclic amines) is 3. The molecule has 5 aromatic carbocycles. The zero-order valence-electron chi connectivity index (χ0n) is 51.6. The molecule has 3 aliphatic heterocycles. The molecule has 6 aromatic rings. The van der Waals surface area contributed by atoms with Crippen LogP contribution in [0.25, 0.3) is 22.0 Å². The minimum atomic E-state index is -1.15. The average Bonchev–Trinajstić information content (AvgIpc) is 2.12. The molecule has 1 aromatic heterocycles. The number of benzene rings is 5. The Hall–Kier alpha value is -8.64. The standard InChI is InChI=1S/C30H30FN5O.C17H23FN2O4.C10H19FN2O2.C6H4FNO2.CH3F/c1-3-28(37)33-25-8-4-6-21(17-25)26-9-5-7-23-18-32-30(35-29(23)26)34-24-12-10-20(11-13-24)16-22-14-15-36(2)19-27(22)31;1-17(2,3)24-16(21)19-9-8-13(15(18)11-19)10-12-4-6-14(7-5-12)20(22)23;1-10(2,3)15-9(14)13-5-4-8(12)7(11)6-13;7-5-1-3-6(4-2-5)8(9)10;1-2/h3-13,17-18,22,27H,1,14-16,19H2,2H3,(H,33,37)(H,32,34,35);4-7,13,15H,8-11H2,1-3H3;7-8H,4-6,12H2,1-3H3;1-4H;1H3/i;;;;1D. The predicted octanol–water partition coefficient (Wildman–Crippen LogP) is 13.3. The van der Waals surface area contributed by atoms with Gasteiger partial charge in [-0.15, -0.1) is 0 Å². The first-order chi connectivity index (χ1) is 42.0. The van der Waals surface area contributed by atoms with Gasteiger partial charge in [0.1, 0.15) is 35.5 Å². The van der Waals surface area contributed by atoms with E-state index in [-0.39, 0.29) is 42.2 Å². The van der Waals surface area contributed by atoms with Crippen molar-refractivity contribution in [3.05, 3.63) is 171 Å². The first-order valence-corrected chi connectivity index (χ1v) is 28.5. The van der Waals surface area contributed by atoms with Crippen LogP contribution in [0.5, 0.6) is 0 Å². The lowest BCUT2D eigenvalue weighted by Gasteiger charge is -2.35. The van der Waals surface area contributed by atoms with Crippen molar-refractivity contribution < 1.29 is 57.0 Å². The number of rotatable bonds is 11. The maximum absolute atomic E-state index is 14.4. The fourth-order valence-electron chi connectivity index (χ4n) is 9.51. The number of hydrogen-bond acceptors (Lipinski definition) is 14. The lowest BCUT2D eigenvalue weighted by atomic mass is 9.89. The van der Waals surface area contributed by atoms with Crippen molar-refractivity contribution in [2.24, 2.45) is 17.6 Å². The third kappa shape index (κ3) is 22.6. The molecule has 4 heterocycles. The Kier molecular flexibility index (Phi) is 25.6. The summed E-state index contributed by atoms with van der Waals surface area (Å²) < 4.78 is 80.1. The zero-order chi connectivity index (χ0) is 65.6. The molecule has 0 aliphatic carbocycles. The quantitative estimate of drug-likeness (QED) is 0.0473. The monoisotopic (exact) mass is 1230 g/mol. The van der Waals surface area contributed by atoms with Gasteiger partial charge in [-0.1, -0.05) is 61.2 Å². The molecule has 19 nitrogen and oxygen atoms in total. The number of nitrogens with zero attached hydrogens (tertiary/aromatic N) is 7. The second-order valence-electron chi connectivity index (χ2n) is 23.3. The minimum Gasteiger partial charge on any atom is -0.444 e. The first-order valence-electron chi connectivity index (χ1n) is 29.2. The summed E-state index contributed by atoms with van der Waals surface area (Å²) in [6.07, 6.45) is 2.19. The van der Waals surface area contributed by atoms with E-state index < -0.39 is 70.8 Å². The normalized spacial score (nSPS) is 19.4. The maximum Gasteiger partial charge on any atom is 0.410 e. The van der Waals surface area contributed by atoms with E-state index in [0.717, 1.165) is 82.5 Å². The van der Waals surface area contributed by atoms with Crippen molar-refractivity contribution in [1.29, 1.82) is 0 Å². The molecule has 3 fully saturated rings. The number of amides is 3. The van der Waals surface area contributed by atoms with E-state index in [1.165, 1.54) is 28.0 Å². The number of nitro benzene ring substituents is 2. The summed E-state index contributed by atoms with van der Waals surface area (Å²) in [6.45, 7) is 16.6. The second-order valence-corrected chi connectivity index (χ2v) is 23.3. The van der Waals surface area contributed by atoms with Crippen LogP contribution in [0.2, 0.25) is 0 Å². The molecule has 24 heteroatoms. The number of nitro groups is 2. The average molecular weight is 1230 g/mol. The van der Waals surface area contributed by atoms with Gasteiger partial charge in [0.2, 0.25) is 11.9 Å². The third-order valence-electron chi connectivity index (χ3n) is 14.1. The molecule has 4 N–H and O–H groups in total. The number of hydrogen-bond donors (Lipinski definition) is 3. The van der Waals surface area contributed by atoms with Crippen LogP contribution in [0.4, 0.5) is 60.2 Å². The summed E-state index contributed by atoms with van der Waals surface area (Å²) in [4.78, 5) is 69.0. The topological polar surface area (TPSA) is 242 Å². The van der Waals surface area contributed by atoms with Gasteiger partial charge in [-0.2, -0.15) is 0 Å². The van der Waals surface area contributed by atoms with Crippen LogP contribution >= 0.6 is 0 Å². The van der Waals surface area contributed by atoms with Gasteiger partial charge in [0.05, 0.1) is 37.0 Å². The number of anilines is 3. The highest BCUT2D eigenvalue weighted by Crippen LogP contribution is 2.32. The second kappa shape index (κ2) is 32.9. The fraction of sp³-hybridized carbons (Fsp3) is 0.422. The Morgan fingerprint density at radius 2 is 1.23 bits per heavy atom. The number of piperidine rings is 3. The fourth-order valence-corrected chi connectivity index (χ4v) is 9.51. The van der Waals surface area contributed by atoms with Gasteiger partial charge in [0.25, 0.3) is 11.4 Å². The largest absolute Gasteiger partial charge is 0.444 e. The Morgan fingerprint density at radius 1 is 0.727 bits per heavy atom. The highest BCUT2D eigenvalue weighted by Gasteiger charge is 2.35. The third-order valence-corrected chi connectivity index (χ3v) is 14.1. The summed E-state index contributed by atoms with van der Waals surface area (Å²) in [7, 11) is 0.974. The number of fused-ring (bicyclic) bond motifs is 1. The smallest absolute Gasteiger partial charge is 0.410 e. The molecule has 474 valence electrons. The molecule has 9 rings (SSSR count). The highest BCUT2D eigenvalue weighted by atomic mass is 19.1. The lowest BCUT2D eigenvalue weighted by Crippen LogP contribution is -2.51. The van der Waals surface area contributed by atoms with Gasteiger partial charge in [0.15, 0.2) is 0 Å². The number of ether oxygens (including phenoxy) is 2. The van der Waals surface area contributed by atoms with Crippen LogP contribution in [0, 0.1) is 37.9 Å². The first kappa shape index (κ1) is 68.5. The predicted molar refractivity (Wildman–Crippen MR) is 331 cm³/mol. The van der Waals surface area contributed by atoms with Crippen molar-refractivity contribution in [1.82, 2.24) is 24.7 Å². The van der Waals surface area contributed by atoms with Gasteiger partial charge >= 0.3 is 12.2 Å². The molecule has 0 saturated carbocycles. The van der Waals surface area contributed by atoms with E-state index in [0.29, 0.717) is 50.5 Å². The number of nitrogens with one attached hydrogen (secondary N) is 2. The Bertz CT molecular complexity index is 3290. The molecule has 6 unspecified atom stereocenters. The van der Waals surface area contributed by atoms with Crippen LogP contribution in [0.3, 0.4) is 0 Å². The number of halogens is 5. The molecule has 3 saturated heterocycles. The molecule has 88 heavy (non-hydrogen) atoms. The molecule has 0 bridgehead atoms. The van der Waals surface area contributed by atoms with E-state index in [4.69, 9.17) is 21.6 Å². The van der Waals surface area contributed by atoms with Crippen LogP contribution in [-0.4, -0.2) is 142 Å². The van der Waals surface area contributed by atoms with E-state index in [1.54, 1.807) is 59.9 Å². The summed E-state index contributed by atoms with van der Waals surface area (Å²) in [6, 6.07) is 31.7. The number of carbonyl (C=O) groups is 3. The van der Waals surface area contributed by atoms with E-state index in [2.05, 4.69) is 27.1 Å². The number of aromatic nitrogens is 2. The van der Waals surface area contributed by atoms with E-state index in [1.807, 2.05) is 73.8 Å². The van der Waals surface area contributed by atoms with Gasteiger partial charge in [-0.05, 0) is 158 Å². The molecule has 0 radical (unpaired) electrons. The van der Waals surface area contributed by atoms with Crippen molar-refractivity contribution in [2.75, 3.05) is 64.1 Å². The summed E-state index contributed by atoms with van der Waals surface area (Å²) in [5, 5.41) is 27.7. The number of para-hydroxylation sites is 1. The zero-order valence-corrected chi connectivity index (χ0v) is 50.6. The maximum atomic E-state index is 14.4. The number of carbonyl (C=O) groups excluding carboxylic acids is 3. The molecular weight excluding hydrogens is 1150 g/mol. The highest BCUT2D eigenvalue weighted by molar-refractivity contribution is 6.00. The van der Waals surface area contributed by atoms with Gasteiger partial charge in [0, 0.05) is 78.5 Å². The van der Waals surface area contributed by atoms with E-state index >= 15 is 0 Å². The molecule has 3 amide bonds. The van der Waals surface area contributed by atoms with Crippen LogP contribution < -0.4 is 16.4 Å².